The van der Waals surface area contributed by atoms with E-state index >= 15 is 0 Å². The summed E-state index contributed by atoms with van der Waals surface area (Å²) in [4.78, 5) is 20.3. The number of hydrogen-bond acceptors (Lipinski definition) is 3. The molecule has 30 heavy (non-hydrogen) atoms. The number of amides is 2. The molecule has 0 aliphatic carbocycles. The molecule has 0 radical (unpaired) electrons. The van der Waals surface area contributed by atoms with E-state index in [0.717, 1.165) is 49.7 Å². The number of aryl methyl sites for hydroxylation is 1. The lowest BCUT2D eigenvalue weighted by Gasteiger charge is -2.33. The highest BCUT2D eigenvalue weighted by Gasteiger charge is 2.32. The number of anilines is 1. The standard InChI is InChI=1S/C22H25F3N4O/c1-15-2-4-19-17(12-15)6-11-29(19)21(30)27-18-7-9-28(10-8-18)14-16-3-5-20(26-13-16)22(23,24)25/h2-5,12-13,18H,6-11,14H2,1H3,(H,27,30). The second kappa shape index (κ2) is 8.26. The van der Waals surface area contributed by atoms with Crippen molar-refractivity contribution in [2.75, 3.05) is 24.5 Å². The van der Waals surface area contributed by atoms with Gasteiger partial charge in [0.1, 0.15) is 5.69 Å². The lowest BCUT2D eigenvalue weighted by molar-refractivity contribution is -0.141. The highest BCUT2D eigenvalue weighted by atomic mass is 19.4. The predicted octanol–water partition coefficient (Wildman–Crippen LogP) is 4.15. The van der Waals surface area contributed by atoms with Crippen LogP contribution in [0.4, 0.5) is 23.7 Å². The van der Waals surface area contributed by atoms with Crippen LogP contribution in [0.25, 0.3) is 0 Å². The van der Waals surface area contributed by atoms with E-state index in [9.17, 15) is 18.0 Å². The van der Waals surface area contributed by atoms with E-state index in [2.05, 4.69) is 28.2 Å². The molecule has 3 heterocycles. The van der Waals surface area contributed by atoms with Crippen molar-refractivity contribution in [3.8, 4) is 0 Å². The fourth-order valence-electron chi connectivity index (χ4n) is 4.17. The van der Waals surface area contributed by atoms with E-state index in [1.54, 1.807) is 0 Å². The van der Waals surface area contributed by atoms with Crippen molar-refractivity contribution in [1.82, 2.24) is 15.2 Å². The smallest absolute Gasteiger partial charge is 0.335 e. The summed E-state index contributed by atoms with van der Waals surface area (Å²) in [6, 6.07) is 8.74. The van der Waals surface area contributed by atoms with E-state index in [1.165, 1.54) is 23.4 Å². The number of fused-ring (bicyclic) bond motifs is 1. The van der Waals surface area contributed by atoms with E-state index in [4.69, 9.17) is 0 Å². The molecule has 0 saturated carbocycles. The molecule has 1 fully saturated rings. The summed E-state index contributed by atoms with van der Waals surface area (Å²) in [6.45, 7) is 4.87. The van der Waals surface area contributed by atoms with Crippen molar-refractivity contribution in [1.29, 1.82) is 0 Å². The lowest BCUT2D eigenvalue weighted by atomic mass is 10.0. The Hall–Kier alpha value is -2.61. The van der Waals surface area contributed by atoms with Gasteiger partial charge in [-0.3, -0.25) is 14.8 Å². The Kier molecular flexibility index (Phi) is 5.69. The van der Waals surface area contributed by atoms with E-state index < -0.39 is 11.9 Å². The average molecular weight is 418 g/mol. The molecule has 160 valence electrons. The molecule has 2 aromatic rings. The number of carbonyl (C=O) groups is 1. The number of urea groups is 1. The molecule has 0 unspecified atom stereocenters. The van der Waals surface area contributed by atoms with Crippen molar-refractivity contribution >= 4 is 11.7 Å². The Morgan fingerprint density at radius 3 is 2.60 bits per heavy atom. The molecule has 1 saturated heterocycles. The Morgan fingerprint density at radius 1 is 1.17 bits per heavy atom. The number of aromatic nitrogens is 1. The number of piperidine rings is 1. The van der Waals surface area contributed by atoms with Gasteiger partial charge in [0, 0.05) is 44.1 Å². The topological polar surface area (TPSA) is 48.5 Å². The number of rotatable bonds is 3. The highest BCUT2D eigenvalue weighted by molar-refractivity contribution is 5.94. The first-order valence-corrected chi connectivity index (χ1v) is 10.2. The SMILES string of the molecule is Cc1ccc2c(c1)CCN2C(=O)NC1CCN(Cc2ccc(C(F)(F)F)nc2)CC1. The Balaban J connectivity index is 1.27. The Labute approximate surface area is 173 Å². The number of carbonyl (C=O) groups excluding carboxylic acids is 1. The molecule has 8 heteroatoms. The van der Waals surface area contributed by atoms with Crippen LogP contribution in [-0.2, 0) is 19.1 Å². The molecule has 1 aromatic heterocycles. The fourth-order valence-corrected chi connectivity index (χ4v) is 4.17. The Bertz CT molecular complexity index is 906. The van der Waals surface area contributed by atoms with E-state index in [0.29, 0.717) is 13.1 Å². The molecule has 2 aliphatic heterocycles. The summed E-state index contributed by atoms with van der Waals surface area (Å²) in [5.41, 5.74) is 3.29. The number of pyridine rings is 1. The minimum Gasteiger partial charge on any atom is -0.335 e. The first-order chi connectivity index (χ1) is 14.3. The third-order valence-electron chi connectivity index (χ3n) is 5.81. The first-order valence-electron chi connectivity index (χ1n) is 10.2. The zero-order valence-electron chi connectivity index (χ0n) is 16.9. The predicted molar refractivity (Wildman–Crippen MR) is 108 cm³/mol. The van der Waals surface area contributed by atoms with E-state index in [1.807, 2.05) is 17.0 Å². The van der Waals surface area contributed by atoms with Crippen LogP contribution in [0.5, 0.6) is 0 Å². The quantitative estimate of drug-likeness (QED) is 0.815. The second-order valence-corrected chi connectivity index (χ2v) is 8.08. The largest absolute Gasteiger partial charge is 0.433 e. The Morgan fingerprint density at radius 2 is 1.93 bits per heavy atom. The van der Waals surface area contributed by atoms with Gasteiger partial charge in [0.25, 0.3) is 0 Å². The molecule has 0 bridgehead atoms. The maximum absolute atomic E-state index is 12.7. The summed E-state index contributed by atoms with van der Waals surface area (Å²) >= 11 is 0. The van der Waals surface area contributed by atoms with Gasteiger partial charge in [0.2, 0.25) is 0 Å². The monoisotopic (exact) mass is 418 g/mol. The van der Waals surface area contributed by atoms with Gasteiger partial charge in [0.15, 0.2) is 0 Å². The van der Waals surface area contributed by atoms with Gasteiger partial charge in [0.05, 0.1) is 0 Å². The fraction of sp³-hybridized carbons (Fsp3) is 0.455. The van der Waals surface area contributed by atoms with Gasteiger partial charge >= 0.3 is 12.2 Å². The van der Waals surface area contributed by atoms with Crippen molar-refractivity contribution in [2.45, 2.75) is 44.9 Å². The molecule has 0 atom stereocenters. The van der Waals surface area contributed by atoms with Crippen molar-refractivity contribution in [2.24, 2.45) is 0 Å². The van der Waals surface area contributed by atoms with Crippen LogP contribution in [0.3, 0.4) is 0 Å². The number of nitrogens with one attached hydrogen (secondary N) is 1. The number of benzene rings is 1. The van der Waals surface area contributed by atoms with Crippen LogP contribution in [0.1, 0.15) is 35.2 Å². The number of halogens is 3. The van der Waals surface area contributed by atoms with Gasteiger partial charge < -0.3 is 5.32 Å². The normalized spacial score (nSPS) is 17.8. The van der Waals surface area contributed by atoms with Crippen molar-refractivity contribution in [3.05, 3.63) is 58.9 Å². The molecule has 1 aromatic carbocycles. The molecular formula is C22H25F3N4O. The van der Waals surface area contributed by atoms with Crippen molar-refractivity contribution in [3.63, 3.8) is 0 Å². The van der Waals surface area contributed by atoms with Gasteiger partial charge in [-0.25, -0.2) is 4.79 Å². The zero-order valence-corrected chi connectivity index (χ0v) is 16.9. The molecule has 4 rings (SSSR count). The summed E-state index contributed by atoms with van der Waals surface area (Å²) in [7, 11) is 0. The zero-order chi connectivity index (χ0) is 21.3. The molecule has 1 N–H and O–H groups in total. The second-order valence-electron chi connectivity index (χ2n) is 8.08. The maximum atomic E-state index is 12.7. The van der Waals surface area contributed by atoms with E-state index in [-0.39, 0.29) is 12.1 Å². The average Bonchev–Trinajstić information content (AvgIpc) is 3.12. The summed E-state index contributed by atoms with van der Waals surface area (Å²) in [6.07, 6.45) is -0.611. The molecular weight excluding hydrogens is 393 g/mol. The highest BCUT2D eigenvalue weighted by Crippen LogP contribution is 2.29. The summed E-state index contributed by atoms with van der Waals surface area (Å²) in [5, 5.41) is 3.15. The van der Waals surface area contributed by atoms with Gasteiger partial charge in [-0.2, -0.15) is 13.2 Å². The minimum atomic E-state index is -4.41. The van der Waals surface area contributed by atoms with Crippen LogP contribution < -0.4 is 10.2 Å². The molecule has 2 amide bonds. The first kappa shape index (κ1) is 20.7. The summed E-state index contributed by atoms with van der Waals surface area (Å²) < 4.78 is 37.9. The molecule has 2 aliphatic rings. The minimum absolute atomic E-state index is 0.0528. The van der Waals surface area contributed by atoms with Crippen LogP contribution in [0.2, 0.25) is 0 Å². The number of likely N-dealkylation sites (tertiary alicyclic amines) is 1. The summed E-state index contributed by atoms with van der Waals surface area (Å²) in [5.74, 6) is 0. The maximum Gasteiger partial charge on any atom is 0.433 e. The van der Waals surface area contributed by atoms with Crippen LogP contribution in [-0.4, -0.2) is 41.6 Å². The number of nitrogens with zero attached hydrogens (tertiary/aromatic N) is 3. The number of alkyl halides is 3. The van der Waals surface area contributed by atoms with Crippen LogP contribution in [0.15, 0.2) is 36.5 Å². The third kappa shape index (κ3) is 4.59. The van der Waals surface area contributed by atoms with Gasteiger partial charge in [-0.1, -0.05) is 23.8 Å². The van der Waals surface area contributed by atoms with Crippen molar-refractivity contribution < 1.29 is 18.0 Å². The van der Waals surface area contributed by atoms with Gasteiger partial charge in [-0.05, 0) is 49.4 Å². The number of hydrogen-bond donors (Lipinski definition) is 1. The van der Waals surface area contributed by atoms with Crippen LogP contribution in [0, 0.1) is 6.92 Å². The van der Waals surface area contributed by atoms with Crippen LogP contribution >= 0.6 is 0 Å². The molecule has 0 spiro atoms. The van der Waals surface area contributed by atoms with Gasteiger partial charge in [-0.15, -0.1) is 0 Å². The third-order valence-corrected chi connectivity index (χ3v) is 5.81. The molecule has 5 nitrogen and oxygen atoms in total. The lowest BCUT2D eigenvalue weighted by Crippen LogP contribution is -2.48.